The molecule has 2 aromatic rings. The van der Waals surface area contributed by atoms with Crippen LogP contribution >= 0.6 is 11.3 Å². The van der Waals surface area contributed by atoms with Gasteiger partial charge in [-0.1, -0.05) is 12.1 Å². The Balaban J connectivity index is 2.37. The molecule has 5 heteroatoms. The van der Waals surface area contributed by atoms with Crippen molar-refractivity contribution in [3.63, 3.8) is 0 Å². The summed E-state index contributed by atoms with van der Waals surface area (Å²) in [7, 11) is 1.35. The average Bonchev–Trinajstić information content (AvgIpc) is 2.86. The highest BCUT2D eigenvalue weighted by Crippen LogP contribution is 2.30. The van der Waals surface area contributed by atoms with Crippen molar-refractivity contribution >= 4 is 17.3 Å². The van der Waals surface area contributed by atoms with Crippen molar-refractivity contribution in [3.05, 3.63) is 35.5 Å². The fourth-order valence-electron chi connectivity index (χ4n) is 1.68. The Morgan fingerprint density at radius 1 is 1.37 bits per heavy atom. The predicted octanol–water partition coefficient (Wildman–Crippen LogP) is 3.38. The van der Waals surface area contributed by atoms with Crippen LogP contribution in [0.5, 0.6) is 5.75 Å². The van der Waals surface area contributed by atoms with Gasteiger partial charge in [0.05, 0.1) is 23.6 Å². The fourth-order valence-corrected chi connectivity index (χ4v) is 2.45. The molecule has 4 nitrogen and oxygen atoms in total. The molecule has 0 spiro atoms. The van der Waals surface area contributed by atoms with Gasteiger partial charge in [0.2, 0.25) is 0 Å². The van der Waals surface area contributed by atoms with Gasteiger partial charge in [-0.05, 0) is 31.5 Å². The van der Waals surface area contributed by atoms with Gasteiger partial charge >= 0.3 is 5.97 Å². The van der Waals surface area contributed by atoms with Gasteiger partial charge in [0.25, 0.3) is 0 Å². The number of nitrogens with zero attached hydrogens (tertiary/aromatic N) is 1. The lowest BCUT2D eigenvalue weighted by atomic mass is 10.1. The maximum Gasteiger partial charge on any atom is 0.358 e. The van der Waals surface area contributed by atoms with Gasteiger partial charge in [0, 0.05) is 0 Å². The van der Waals surface area contributed by atoms with E-state index < -0.39 is 5.97 Å². The van der Waals surface area contributed by atoms with Crippen LogP contribution in [0.3, 0.4) is 0 Å². The van der Waals surface area contributed by atoms with Crippen LogP contribution in [0.25, 0.3) is 10.4 Å². The molecular weight excluding hydrogens is 262 g/mol. The van der Waals surface area contributed by atoms with Crippen LogP contribution in [-0.2, 0) is 4.74 Å². The molecule has 0 fully saturated rings. The molecule has 0 N–H and O–H groups in total. The van der Waals surface area contributed by atoms with Gasteiger partial charge in [0.15, 0.2) is 5.69 Å². The summed E-state index contributed by atoms with van der Waals surface area (Å²) in [6, 6.07) is 7.61. The second-order valence-corrected chi connectivity index (χ2v) is 5.07. The van der Waals surface area contributed by atoms with Gasteiger partial charge in [0.1, 0.15) is 5.75 Å². The van der Waals surface area contributed by atoms with E-state index in [4.69, 9.17) is 9.47 Å². The molecule has 0 saturated heterocycles. The zero-order valence-corrected chi connectivity index (χ0v) is 11.9. The lowest BCUT2D eigenvalue weighted by Gasteiger charge is -2.10. The predicted molar refractivity (Wildman–Crippen MR) is 74.7 cm³/mol. The van der Waals surface area contributed by atoms with E-state index in [2.05, 4.69) is 4.98 Å². The normalized spacial score (nSPS) is 10.5. The zero-order valence-electron chi connectivity index (χ0n) is 11.0. The number of esters is 1. The second kappa shape index (κ2) is 5.84. The van der Waals surface area contributed by atoms with Gasteiger partial charge in [-0.3, -0.25) is 0 Å². The Labute approximate surface area is 116 Å². The second-order valence-electron chi connectivity index (χ2n) is 4.22. The molecule has 19 heavy (non-hydrogen) atoms. The monoisotopic (exact) mass is 277 g/mol. The average molecular weight is 277 g/mol. The number of hydrogen-bond acceptors (Lipinski definition) is 5. The van der Waals surface area contributed by atoms with E-state index in [1.807, 2.05) is 38.1 Å². The van der Waals surface area contributed by atoms with E-state index in [1.165, 1.54) is 18.4 Å². The van der Waals surface area contributed by atoms with Crippen molar-refractivity contribution in [2.24, 2.45) is 0 Å². The van der Waals surface area contributed by atoms with E-state index in [1.54, 1.807) is 5.51 Å². The van der Waals surface area contributed by atoms with Crippen LogP contribution in [0, 0.1) is 0 Å². The third-order valence-corrected chi connectivity index (χ3v) is 3.29. The molecule has 0 aliphatic carbocycles. The minimum atomic E-state index is -0.425. The Bertz CT molecular complexity index is 578. The van der Waals surface area contributed by atoms with E-state index >= 15 is 0 Å². The molecule has 1 aromatic carbocycles. The zero-order chi connectivity index (χ0) is 13.8. The molecule has 0 saturated carbocycles. The van der Waals surface area contributed by atoms with Crippen LogP contribution in [0.15, 0.2) is 29.8 Å². The third kappa shape index (κ3) is 3.12. The van der Waals surface area contributed by atoms with Crippen LogP contribution < -0.4 is 4.74 Å². The van der Waals surface area contributed by atoms with Crippen LogP contribution in [0.2, 0.25) is 0 Å². The number of ether oxygens (including phenoxy) is 2. The van der Waals surface area contributed by atoms with Crippen LogP contribution in [0.1, 0.15) is 24.3 Å². The summed E-state index contributed by atoms with van der Waals surface area (Å²) in [4.78, 5) is 16.5. The van der Waals surface area contributed by atoms with E-state index in [-0.39, 0.29) is 6.10 Å². The Hall–Kier alpha value is -1.88. The van der Waals surface area contributed by atoms with E-state index in [0.29, 0.717) is 5.69 Å². The molecule has 1 aromatic heterocycles. The number of carbonyl (C=O) groups excluding carboxylic acids is 1. The summed E-state index contributed by atoms with van der Waals surface area (Å²) < 4.78 is 10.4. The first-order chi connectivity index (χ1) is 9.11. The molecule has 0 aliphatic heterocycles. The van der Waals surface area contributed by atoms with E-state index in [0.717, 1.165) is 16.2 Å². The maximum atomic E-state index is 11.6. The number of thiazole rings is 1. The lowest BCUT2D eigenvalue weighted by Crippen LogP contribution is -2.05. The van der Waals surface area contributed by atoms with Gasteiger partial charge in [-0.2, -0.15) is 0 Å². The molecule has 0 unspecified atom stereocenters. The van der Waals surface area contributed by atoms with Crippen molar-refractivity contribution in [2.75, 3.05) is 7.11 Å². The standard InChI is InChI=1S/C14H15NO3S/c1-9(2)18-11-6-4-5-10(7-11)13-12(14(16)17-3)15-8-19-13/h4-9H,1-3H3. The number of rotatable bonds is 4. The van der Waals surface area contributed by atoms with Crippen LogP contribution in [0.4, 0.5) is 0 Å². The van der Waals surface area contributed by atoms with Crippen molar-refractivity contribution in [1.82, 2.24) is 4.98 Å². The molecule has 100 valence electrons. The summed E-state index contributed by atoms with van der Waals surface area (Å²) >= 11 is 1.41. The topological polar surface area (TPSA) is 48.4 Å². The van der Waals surface area contributed by atoms with E-state index in [9.17, 15) is 4.79 Å². The summed E-state index contributed by atoms with van der Waals surface area (Å²) in [5, 5.41) is 0. The minimum Gasteiger partial charge on any atom is -0.491 e. The molecular formula is C14H15NO3S. The third-order valence-electron chi connectivity index (χ3n) is 2.41. The molecule has 2 rings (SSSR count). The quantitative estimate of drug-likeness (QED) is 0.804. The largest absolute Gasteiger partial charge is 0.491 e. The summed E-state index contributed by atoms with van der Waals surface area (Å²) in [5.41, 5.74) is 2.88. The van der Waals surface area contributed by atoms with Crippen molar-refractivity contribution in [1.29, 1.82) is 0 Å². The van der Waals surface area contributed by atoms with Crippen molar-refractivity contribution in [3.8, 4) is 16.2 Å². The lowest BCUT2D eigenvalue weighted by molar-refractivity contribution is 0.0596. The Morgan fingerprint density at radius 3 is 2.84 bits per heavy atom. The highest BCUT2D eigenvalue weighted by molar-refractivity contribution is 7.13. The van der Waals surface area contributed by atoms with Crippen LogP contribution in [-0.4, -0.2) is 24.2 Å². The smallest absolute Gasteiger partial charge is 0.358 e. The Kier molecular flexibility index (Phi) is 4.16. The molecule has 0 bridgehead atoms. The number of hydrogen-bond donors (Lipinski definition) is 0. The number of carbonyl (C=O) groups is 1. The maximum absolute atomic E-state index is 11.6. The molecule has 0 aliphatic rings. The molecule has 0 atom stereocenters. The first-order valence-electron chi connectivity index (χ1n) is 5.90. The summed E-state index contributed by atoms with van der Waals surface area (Å²) in [6.07, 6.45) is 0.108. The van der Waals surface area contributed by atoms with Crippen molar-refractivity contribution in [2.45, 2.75) is 20.0 Å². The SMILES string of the molecule is COC(=O)c1ncsc1-c1cccc(OC(C)C)c1. The first kappa shape index (κ1) is 13.5. The summed E-state index contributed by atoms with van der Waals surface area (Å²) in [6.45, 7) is 3.94. The molecule has 1 heterocycles. The molecule has 0 amide bonds. The van der Waals surface area contributed by atoms with Gasteiger partial charge in [-0.15, -0.1) is 11.3 Å². The first-order valence-corrected chi connectivity index (χ1v) is 6.78. The number of methoxy groups -OCH3 is 1. The van der Waals surface area contributed by atoms with Gasteiger partial charge in [-0.25, -0.2) is 9.78 Å². The fraction of sp³-hybridized carbons (Fsp3) is 0.286. The highest BCUT2D eigenvalue weighted by Gasteiger charge is 2.17. The Morgan fingerprint density at radius 2 is 2.16 bits per heavy atom. The summed E-state index contributed by atoms with van der Waals surface area (Å²) in [5.74, 6) is 0.350. The molecule has 0 radical (unpaired) electrons. The highest BCUT2D eigenvalue weighted by atomic mass is 32.1. The minimum absolute atomic E-state index is 0.108. The number of aromatic nitrogens is 1. The number of benzene rings is 1. The van der Waals surface area contributed by atoms with Gasteiger partial charge < -0.3 is 9.47 Å². The van der Waals surface area contributed by atoms with Crippen molar-refractivity contribution < 1.29 is 14.3 Å².